The van der Waals surface area contributed by atoms with Crippen molar-refractivity contribution in [3.05, 3.63) is 47.5 Å². The van der Waals surface area contributed by atoms with Gasteiger partial charge in [0.15, 0.2) is 5.82 Å². The van der Waals surface area contributed by atoms with Gasteiger partial charge < -0.3 is 14.2 Å². The Hall–Kier alpha value is -2.35. The van der Waals surface area contributed by atoms with Crippen LogP contribution in [0.3, 0.4) is 0 Å². The van der Waals surface area contributed by atoms with Gasteiger partial charge in [0.2, 0.25) is 5.91 Å². The predicted octanol–water partition coefficient (Wildman–Crippen LogP) is 1.63. The molecule has 1 aliphatic rings. The monoisotopic (exact) mass is 336 g/mol. The molecule has 2 aromatic rings. The van der Waals surface area contributed by atoms with Crippen molar-refractivity contribution in [2.75, 3.05) is 19.7 Å². The number of aryl methyl sites for hydroxylation is 2. The molecule has 3 rings (SSSR count). The van der Waals surface area contributed by atoms with Crippen LogP contribution in [0.15, 0.2) is 24.5 Å². The first-order chi connectivity index (χ1) is 11.5. The Balaban J connectivity index is 1.60. The zero-order chi connectivity index (χ0) is 17.1. The first-order valence-corrected chi connectivity index (χ1v) is 7.72. The van der Waals surface area contributed by atoms with E-state index in [1.165, 1.54) is 0 Å². The van der Waals surface area contributed by atoms with E-state index in [0.717, 1.165) is 18.2 Å². The van der Waals surface area contributed by atoms with Gasteiger partial charge in [-0.1, -0.05) is 0 Å². The van der Waals surface area contributed by atoms with Crippen molar-refractivity contribution >= 4 is 5.91 Å². The van der Waals surface area contributed by atoms with Gasteiger partial charge in [0.25, 0.3) is 0 Å². The number of nitrogens with zero attached hydrogens (tertiary/aromatic N) is 4. The molecule has 128 valence electrons. The van der Waals surface area contributed by atoms with E-state index in [1.54, 1.807) is 15.8 Å². The van der Waals surface area contributed by atoms with E-state index in [-0.39, 0.29) is 30.4 Å². The molecule has 1 aliphatic heterocycles. The van der Waals surface area contributed by atoms with Crippen molar-refractivity contribution in [1.82, 2.24) is 19.7 Å². The molecule has 0 saturated carbocycles. The highest BCUT2D eigenvalue weighted by Gasteiger charge is 2.28. The third-order valence-electron chi connectivity index (χ3n) is 4.07. The molecule has 1 amide bonds. The number of carbonyl (C=O) groups excluding carboxylic acids is 1. The van der Waals surface area contributed by atoms with Crippen LogP contribution in [0.25, 0.3) is 0 Å². The fraction of sp³-hybridized carbons (Fsp3) is 0.438. The van der Waals surface area contributed by atoms with E-state index in [1.807, 2.05) is 7.05 Å². The molecule has 1 fully saturated rings. The van der Waals surface area contributed by atoms with E-state index in [0.29, 0.717) is 25.5 Å². The van der Waals surface area contributed by atoms with Gasteiger partial charge in [0.1, 0.15) is 24.1 Å². The fourth-order valence-corrected chi connectivity index (χ4v) is 2.75. The zero-order valence-corrected chi connectivity index (χ0v) is 13.3. The summed E-state index contributed by atoms with van der Waals surface area (Å²) in [5.74, 6) is -0.464. The maximum absolute atomic E-state index is 13.6. The molecule has 1 aromatic heterocycles. The van der Waals surface area contributed by atoms with Crippen LogP contribution >= 0.6 is 0 Å². The predicted molar refractivity (Wildman–Crippen MR) is 81.0 cm³/mol. The highest BCUT2D eigenvalue weighted by molar-refractivity contribution is 5.76. The Bertz CT molecular complexity index is 735. The van der Waals surface area contributed by atoms with Crippen LogP contribution in [0.5, 0.6) is 0 Å². The molecule has 2 heterocycles. The molecule has 0 unspecified atom stereocenters. The molecule has 0 radical (unpaired) electrons. The van der Waals surface area contributed by atoms with Crippen molar-refractivity contribution in [3.8, 4) is 0 Å². The molecule has 8 heteroatoms. The largest absolute Gasteiger partial charge is 0.366 e. The maximum atomic E-state index is 13.6. The van der Waals surface area contributed by atoms with E-state index >= 15 is 0 Å². The summed E-state index contributed by atoms with van der Waals surface area (Å²) in [5, 5.41) is 7.82. The maximum Gasteiger partial charge on any atom is 0.223 e. The lowest BCUT2D eigenvalue weighted by Crippen LogP contribution is -2.43. The number of hydrogen-bond donors (Lipinski definition) is 0. The van der Waals surface area contributed by atoms with Gasteiger partial charge in [-0.3, -0.25) is 4.79 Å². The summed E-state index contributed by atoms with van der Waals surface area (Å²) in [4.78, 5) is 14.0. The van der Waals surface area contributed by atoms with Gasteiger partial charge in [-0.2, -0.15) is 0 Å². The number of ether oxygens (including phenoxy) is 1. The summed E-state index contributed by atoms with van der Waals surface area (Å²) in [7, 11) is 1.81. The number of amides is 1. The highest BCUT2D eigenvalue weighted by Crippen LogP contribution is 2.21. The second-order valence-corrected chi connectivity index (χ2v) is 5.73. The second-order valence-electron chi connectivity index (χ2n) is 5.73. The van der Waals surface area contributed by atoms with Crippen LogP contribution < -0.4 is 0 Å². The summed E-state index contributed by atoms with van der Waals surface area (Å²) in [6.45, 7) is 1.24. The Labute approximate surface area is 138 Å². The summed E-state index contributed by atoms with van der Waals surface area (Å²) < 4.78 is 34.2. The lowest BCUT2D eigenvalue weighted by molar-refractivity contribution is -0.139. The Kier molecular flexibility index (Phi) is 4.84. The minimum Gasteiger partial charge on any atom is -0.366 e. The van der Waals surface area contributed by atoms with Gasteiger partial charge in [0, 0.05) is 20.0 Å². The smallest absolute Gasteiger partial charge is 0.223 e. The summed E-state index contributed by atoms with van der Waals surface area (Å²) in [5.41, 5.74) is 0.210. The van der Waals surface area contributed by atoms with Gasteiger partial charge >= 0.3 is 0 Å². The lowest BCUT2D eigenvalue weighted by Gasteiger charge is -2.32. The van der Waals surface area contributed by atoms with Crippen molar-refractivity contribution in [1.29, 1.82) is 0 Å². The second kappa shape index (κ2) is 7.04. The number of rotatable bonds is 4. The SMILES string of the molecule is Cn1cnnc1[C@H]1CN(C(=O)CCc2cc(F)ccc2F)CCO1. The van der Waals surface area contributed by atoms with E-state index in [2.05, 4.69) is 10.2 Å². The minimum atomic E-state index is -0.507. The van der Waals surface area contributed by atoms with Crippen LogP contribution in [-0.2, 0) is 23.0 Å². The number of hydrogen-bond acceptors (Lipinski definition) is 4. The Morgan fingerprint density at radius 2 is 2.25 bits per heavy atom. The summed E-state index contributed by atoms with van der Waals surface area (Å²) in [6, 6.07) is 3.27. The number of carbonyl (C=O) groups is 1. The molecule has 0 aliphatic carbocycles. The van der Waals surface area contributed by atoms with Crippen LogP contribution in [0.4, 0.5) is 8.78 Å². The van der Waals surface area contributed by atoms with Crippen LogP contribution in [-0.4, -0.2) is 45.3 Å². The first-order valence-electron chi connectivity index (χ1n) is 7.72. The van der Waals surface area contributed by atoms with Gasteiger partial charge in [0.05, 0.1) is 13.2 Å². The van der Waals surface area contributed by atoms with Gasteiger partial charge in [-0.05, 0) is 30.2 Å². The minimum absolute atomic E-state index is 0.117. The lowest BCUT2D eigenvalue weighted by atomic mass is 10.1. The molecule has 24 heavy (non-hydrogen) atoms. The quantitative estimate of drug-likeness (QED) is 0.851. The average molecular weight is 336 g/mol. The normalized spacial score (nSPS) is 18.0. The van der Waals surface area contributed by atoms with Crippen molar-refractivity contribution < 1.29 is 18.3 Å². The standard InChI is InChI=1S/C16H18F2N4O2/c1-21-10-19-20-16(21)14-9-22(6-7-24-14)15(23)5-2-11-8-12(17)3-4-13(11)18/h3-4,8,10,14H,2,5-7,9H2,1H3/t14-/m1/s1. The van der Waals surface area contributed by atoms with Crippen LogP contribution in [0.2, 0.25) is 0 Å². The first kappa shape index (κ1) is 16.5. The fourth-order valence-electron chi connectivity index (χ4n) is 2.75. The third kappa shape index (κ3) is 3.59. The van der Waals surface area contributed by atoms with E-state index in [4.69, 9.17) is 4.74 Å². The van der Waals surface area contributed by atoms with E-state index in [9.17, 15) is 13.6 Å². The molecule has 0 spiro atoms. The Morgan fingerprint density at radius 3 is 3.00 bits per heavy atom. The molecule has 0 N–H and O–H groups in total. The number of halogens is 2. The molecular formula is C16H18F2N4O2. The van der Waals surface area contributed by atoms with Crippen molar-refractivity contribution in [2.24, 2.45) is 7.05 Å². The number of aromatic nitrogens is 3. The van der Waals surface area contributed by atoms with Crippen LogP contribution in [0.1, 0.15) is 23.9 Å². The molecule has 1 aromatic carbocycles. The zero-order valence-electron chi connectivity index (χ0n) is 13.3. The molecular weight excluding hydrogens is 318 g/mol. The summed E-state index contributed by atoms with van der Waals surface area (Å²) >= 11 is 0. The molecule has 6 nitrogen and oxygen atoms in total. The van der Waals surface area contributed by atoms with Crippen molar-refractivity contribution in [2.45, 2.75) is 18.9 Å². The molecule has 1 saturated heterocycles. The third-order valence-corrected chi connectivity index (χ3v) is 4.07. The number of morpholine rings is 1. The molecule has 0 bridgehead atoms. The molecule has 1 atom stereocenters. The summed E-state index contributed by atoms with van der Waals surface area (Å²) in [6.07, 6.45) is 1.52. The highest BCUT2D eigenvalue weighted by atomic mass is 19.1. The van der Waals surface area contributed by atoms with Crippen molar-refractivity contribution in [3.63, 3.8) is 0 Å². The average Bonchev–Trinajstić information content (AvgIpc) is 3.01. The van der Waals surface area contributed by atoms with Crippen LogP contribution in [0, 0.1) is 11.6 Å². The number of benzene rings is 1. The van der Waals surface area contributed by atoms with Gasteiger partial charge in [-0.15, -0.1) is 10.2 Å². The van der Waals surface area contributed by atoms with Gasteiger partial charge in [-0.25, -0.2) is 8.78 Å². The van der Waals surface area contributed by atoms with E-state index < -0.39 is 11.6 Å². The topological polar surface area (TPSA) is 60.2 Å². The Morgan fingerprint density at radius 1 is 1.42 bits per heavy atom.